The van der Waals surface area contributed by atoms with E-state index in [0.717, 1.165) is 19.5 Å². The van der Waals surface area contributed by atoms with Crippen molar-refractivity contribution in [3.05, 3.63) is 35.1 Å². The Hall–Kier alpha value is -1.44. The van der Waals surface area contributed by atoms with Crippen LogP contribution in [0, 0.1) is 17.1 Å². The van der Waals surface area contributed by atoms with Gasteiger partial charge in [0.25, 0.3) is 0 Å². The zero-order valence-corrected chi connectivity index (χ0v) is 9.82. The van der Waals surface area contributed by atoms with Gasteiger partial charge in [0.15, 0.2) is 0 Å². The van der Waals surface area contributed by atoms with E-state index in [0.29, 0.717) is 17.7 Å². The first-order valence-corrected chi connectivity index (χ1v) is 5.66. The van der Waals surface area contributed by atoms with E-state index in [9.17, 15) is 4.39 Å². The highest BCUT2D eigenvalue weighted by molar-refractivity contribution is 5.32. The van der Waals surface area contributed by atoms with E-state index < -0.39 is 0 Å². The number of nitriles is 1. The van der Waals surface area contributed by atoms with E-state index in [1.165, 1.54) is 6.07 Å². The molecule has 0 bridgehead atoms. The third kappa shape index (κ3) is 2.82. The Morgan fingerprint density at radius 1 is 1.59 bits per heavy atom. The first kappa shape index (κ1) is 12.0. The molecule has 1 unspecified atom stereocenters. The largest absolute Gasteiger partial charge is 0.380 e. The fraction of sp³-hybridized carbons (Fsp3) is 0.462. The third-order valence-electron chi connectivity index (χ3n) is 3.14. The molecule has 0 aromatic heterocycles. The molecule has 90 valence electrons. The van der Waals surface area contributed by atoms with Crippen LogP contribution in [0.4, 0.5) is 4.39 Å². The van der Waals surface area contributed by atoms with E-state index in [4.69, 9.17) is 10.00 Å². The van der Waals surface area contributed by atoms with Gasteiger partial charge in [0, 0.05) is 32.3 Å². The average molecular weight is 234 g/mol. The Labute approximate surface area is 100 Å². The Morgan fingerprint density at radius 3 is 3.00 bits per heavy atom. The highest BCUT2D eigenvalue weighted by Gasteiger charge is 2.22. The molecule has 1 fully saturated rings. The molecule has 0 N–H and O–H groups in total. The SMILES string of the molecule is COC1CCN(Cc2ccc(C#N)cc2F)C1. The number of halogens is 1. The molecule has 1 saturated heterocycles. The summed E-state index contributed by atoms with van der Waals surface area (Å²) in [6, 6.07) is 6.57. The molecule has 1 aliphatic rings. The normalized spacial score (nSPS) is 20.4. The second-order valence-electron chi connectivity index (χ2n) is 4.30. The second-order valence-corrected chi connectivity index (χ2v) is 4.30. The third-order valence-corrected chi connectivity index (χ3v) is 3.14. The lowest BCUT2D eigenvalue weighted by Crippen LogP contribution is -2.22. The summed E-state index contributed by atoms with van der Waals surface area (Å²) in [7, 11) is 1.70. The number of nitrogens with zero attached hydrogens (tertiary/aromatic N) is 2. The van der Waals surface area contributed by atoms with Crippen LogP contribution in [0.5, 0.6) is 0 Å². The van der Waals surface area contributed by atoms with Gasteiger partial charge in [-0.05, 0) is 18.6 Å². The quantitative estimate of drug-likeness (QED) is 0.801. The number of hydrogen-bond acceptors (Lipinski definition) is 3. The summed E-state index contributed by atoms with van der Waals surface area (Å²) in [4.78, 5) is 2.17. The van der Waals surface area contributed by atoms with Gasteiger partial charge in [0.05, 0.1) is 17.7 Å². The summed E-state index contributed by atoms with van der Waals surface area (Å²) in [5.41, 5.74) is 1.00. The molecular weight excluding hydrogens is 219 g/mol. The Bertz CT molecular complexity index is 442. The molecule has 1 atom stereocenters. The molecule has 0 saturated carbocycles. The maximum absolute atomic E-state index is 13.7. The minimum atomic E-state index is -0.301. The first-order valence-electron chi connectivity index (χ1n) is 5.66. The highest BCUT2D eigenvalue weighted by atomic mass is 19.1. The molecule has 1 heterocycles. The average Bonchev–Trinajstić information content (AvgIpc) is 2.79. The molecule has 2 rings (SSSR count). The molecule has 3 nitrogen and oxygen atoms in total. The van der Waals surface area contributed by atoms with E-state index in [1.807, 2.05) is 6.07 Å². The van der Waals surface area contributed by atoms with Crippen LogP contribution in [-0.4, -0.2) is 31.2 Å². The number of rotatable bonds is 3. The molecular formula is C13H15FN2O. The van der Waals surface area contributed by atoms with Crippen molar-refractivity contribution in [2.45, 2.75) is 19.1 Å². The van der Waals surface area contributed by atoms with Crippen molar-refractivity contribution in [2.75, 3.05) is 20.2 Å². The first-order chi connectivity index (χ1) is 8.22. The number of likely N-dealkylation sites (tertiary alicyclic amines) is 1. The molecule has 4 heteroatoms. The van der Waals surface area contributed by atoms with Crippen LogP contribution in [0.3, 0.4) is 0 Å². The summed E-state index contributed by atoms with van der Waals surface area (Å²) in [6.07, 6.45) is 1.26. The molecule has 0 radical (unpaired) electrons. The Kier molecular flexibility index (Phi) is 3.72. The van der Waals surface area contributed by atoms with Crippen LogP contribution in [0.15, 0.2) is 18.2 Å². The predicted molar refractivity (Wildman–Crippen MR) is 61.8 cm³/mol. The van der Waals surface area contributed by atoms with Crippen LogP contribution < -0.4 is 0 Å². The highest BCUT2D eigenvalue weighted by Crippen LogP contribution is 2.17. The van der Waals surface area contributed by atoms with Gasteiger partial charge in [-0.15, -0.1) is 0 Å². The second kappa shape index (κ2) is 5.26. The zero-order valence-electron chi connectivity index (χ0n) is 9.82. The molecule has 1 aromatic carbocycles. The lowest BCUT2D eigenvalue weighted by Gasteiger charge is -2.16. The molecule has 1 aliphatic heterocycles. The minimum absolute atomic E-state index is 0.261. The van der Waals surface area contributed by atoms with Gasteiger partial charge in [0.1, 0.15) is 5.82 Å². The number of hydrogen-bond donors (Lipinski definition) is 0. The summed E-state index contributed by atoms with van der Waals surface area (Å²) >= 11 is 0. The lowest BCUT2D eigenvalue weighted by molar-refractivity contribution is 0.107. The summed E-state index contributed by atoms with van der Waals surface area (Å²) in [6.45, 7) is 2.35. The summed E-state index contributed by atoms with van der Waals surface area (Å²) in [5, 5.41) is 8.66. The van der Waals surface area contributed by atoms with Crippen molar-refractivity contribution in [1.82, 2.24) is 4.90 Å². The summed E-state index contributed by atoms with van der Waals surface area (Å²) in [5.74, 6) is -0.301. The summed E-state index contributed by atoms with van der Waals surface area (Å²) < 4.78 is 18.9. The van der Waals surface area contributed by atoms with Gasteiger partial charge in [-0.25, -0.2) is 4.39 Å². The van der Waals surface area contributed by atoms with Crippen molar-refractivity contribution in [1.29, 1.82) is 5.26 Å². The van der Waals surface area contributed by atoms with Crippen LogP contribution in [-0.2, 0) is 11.3 Å². The van der Waals surface area contributed by atoms with Crippen LogP contribution in [0.25, 0.3) is 0 Å². The minimum Gasteiger partial charge on any atom is -0.380 e. The number of methoxy groups -OCH3 is 1. The topological polar surface area (TPSA) is 36.3 Å². The van der Waals surface area contributed by atoms with Crippen molar-refractivity contribution in [3.8, 4) is 6.07 Å². The van der Waals surface area contributed by atoms with Crippen molar-refractivity contribution >= 4 is 0 Å². The number of benzene rings is 1. The van der Waals surface area contributed by atoms with E-state index in [1.54, 1.807) is 19.2 Å². The van der Waals surface area contributed by atoms with Gasteiger partial charge >= 0.3 is 0 Å². The maximum Gasteiger partial charge on any atom is 0.129 e. The van der Waals surface area contributed by atoms with E-state index in [2.05, 4.69) is 4.90 Å². The standard InChI is InChI=1S/C13H15FN2O/c1-17-12-4-5-16(9-12)8-11-3-2-10(7-15)6-13(11)14/h2-3,6,12H,4-5,8-9H2,1H3. The predicted octanol–water partition coefficient (Wildman–Crippen LogP) is 1.92. The lowest BCUT2D eigenvalue weighted by atomic mass is 10.1. The van der Waals surface area contributed by atoms with Crippen molar-refractivity contribution in [3.63, 3.8) is 0 Å². The monoisotopic (exact) mass is 234 g/mol. The zero-order chi connectivity index (χ0) is 12.3. The molecule has 0 aliphatic carbocycles. The smallest absolute Gasteiger partial charge is 0.129 e. The number of ether oxygens (including phenoxy) is 1. The van der Waals surface area contributed by atoms with E-state index >= 15 is 0 Å². The maximum atomic E-state index is 13.7. The van der Waals surface area contributed by atoms with Crippen LogP contribution in [0.2, 0.25) is 0 Å². The van der Waals surface area contributed by atoms with Gasteiger partial charge in [0.2, 0.25) is 0 Å². The van der Waals surface area contributed by atoms with Gasteiger partial charge < -0.3 is 4.74 Å². The Balaban J connectivity index is 2.02. The van der Waals surface area contributed by atoms with Gasteiger partial charge in [-0.1, -0.05) is 6.07 Å². The van der Waals surface area contributed by atoms with Gasteiger partial charge in [-0.2, -0.15) is 5.26 Å². The van der Waals surface area contributed by atoms with Gasteiger partial charge in [-0.3, -0.25) is 4.90 Å². The Morgan fingerprint density at radius 2 is 2.41 bits per heavy atom. The molecule has 1 aromatic rings. The fourth-order valence-electron chi connectivity index (χ4n) is 2.12. The van der Waals surface area contributed by atoms with Crippen molar-refractivity contribution in [2.24, 2.45) is 0 Å². The van der Waals surface area contributed by atoms with Crippen LogP contribution >= 0.6 is 0 Å². The van der Waals surface area contributed by atoms with E-state index in [-0.39, 0.29) is 11.9 Å². The molecule has 17 heavy (non-hydrogen) atoms. The fourth-order valence-corrected chi connectivity index (χ4v) is 2.12. The molecule has 0 spiro atoms. The molecule has 0 amide bonds. The van der Waals surface area contributed by atoms with Crippen LogP contribution in [0.1, 0.15) is 17.5 Å². The van der Waals surface area contributed by atoms with Crippen molar-refractivity contribution < 1.29 is 9.13 Å².